The predicted octanol–water partition coefficient (Wildman–Crippen LogP) is 2.10. The molecule has 0 radical (unpaired) electrons. The maximum absolute atomic E-state index is 5.90. The molecule has 2 N–H and O–H groups in total. The van der Waals surface area contributed by atoms with E-state index in [0.717, 1.165) is 24.3 Å². The van der Waals surface area contributed by atoms with Crippen molar-refractivity contribution < 1.29 is 13.9 Å². The van der Waals surface area contributed by atoms with Gasteiger partial charge in [0.05, 0.1) is 31.6 Å². The summed E-state index contributed by atoms with van der Waals surface area (Å²) < 4.78 is 18.3. The van der Waals surface area contributed by atoms with Gasteiger partial charge in [0.1, 0.15) is 12.0 Å². The van der Waals surface area contributed by atoms with Gasteiger partial charge in [-0.15, -0.1) is 17.7 Å². The third kappa shape index (κ3) is 3.86. The first-order valence-corrected chi connectivity index (χ1v) is 9.88. The number of thiol groups is 1. The maximum Gasteiger partial charge on any atom is 0.222 e. The lowest BCUT2D eigenvalue weighted by molar-refractivity contribution is 0.0316. The molecule has 154 valence electrons. The third-order valence-electron chi connectivity index (χ3n) is 4.77. The summed E-state index contributed by atoms with van der Waals surface area (Å²) in [4.78, 5) is 13.7. The van der Waals surface area contributed by atoms with Gasteiger partial charge in [-0.3, -0.25) is 4.98 Å². The van der Waals surface area contributed by atoms with Crippen LogP contribution in [-0.2, 0) is 22.6 Å². The number of nitrogens with two attached hydrogens (primary N) is 1. The zero-order valence-electron chi connectivity index (χ0n) is 15.9. The Hall–Kier alpha value is -3.02. The van der Waals surface area contributed by atoms with Gasteiger partial charge in [0, 0.05) is 17.7 Å². The van der Waals surface area contributed by atoms with Crippen molar-refractivity contribution in [2.75, 3.05) is 18.9 Å². The highest BCUT2D eigenvalue weighted by atomic mass is 32.1. The van der Waals surface area contributed by atoms with E-state index in [2.05, 4.69) is 37.9 Å². The zero-order valence-corrected chi connectivity index (χ0v) is 16.8. The van der Waals surface area contributed by atoms with E-state index in [0.29, 0.717) is 47.3 Å². The lowest BCUT2D eigenvalue weighted by Gasteiger charge is -2.10. The van der Waals surface area contributed by atoms with Gasteiger partial charge in [-0.05, 0) is 24.1 Å². The predicted molar refractivity (Wildman–Crippen MR) is 110 cm³/mol. The van der Waals surface area contributed by atoms with Gasteiger partial charge in [0.15, 0.2) is 16.9 Å². The lowest BCUT2D eigenvalue weighted by Crippen LogP contribution is -2.12. The van der Waals surface area contributed by atoms with Crippen LogP contribution in [0.2, 0.25) is 0 Å². The molecule has 5 rings (SSSR count). The topological polar surface area (TPSA) is 127 Å². The highest BCUT2D eigenvalue weighted by Gasteiger charge is 2.18. The van der Waals surface area contributed by atoms with Crippen molar-refractivity contribution in [2.45, 2.75) is 30.6 Å². The minimum Gasteiger partial charge on any atom is -0.461 e. The quantitative estimate of drug-likeness (QED) is 0.446. The normalized spacial score (nSPS) is 16.5. The molecule has 10 nitrogen and oxygen atoms in total. The Labute approximate surface area is 176 Å². The summed E-state index contributed by atoms with van der Waals surface area (Å²) in [7, 11) is 0. The smallest absolute Gasteiger partial charge is 0.222 e. The average Bonchev–Trinajstić information content (AvgIpc) is 3.49. The van der Waals surface area contributed by atoms with E-state index in [-0.39, 0.29) is 12.1 Å². The van der Waals surface area contributed by atoms with Crippen LogP contribution in [0.25, 0.3) is 22.6 Å². The molecule has 0 aliphatic carbocycles. The summed E-state index contributed by atoms with van der Waals surface area (Å²) in [5, 5.41) is 8.43. The van der Waals surface area contributed by atoms with Gasteiger partial charge in [0.25, 0.3) is 0 Å². The highest BCUT2D eigenvalue weighted by molar-refractivity contribution is 7.80. The second-order valence-electron chi connectivity index (χ2n) is 6.97. The molecular weight excluding hydrogens is 406 g/mol. The van der Waals surface area contributed by atoms with Crippen LogP contribution < -0.4 is 5.73 Å². The SMILES string of the molecule is Nc1nc(-c2cc(S)co2)c2nnn(Cc3ccc(COC4CCOC4)cn3)c2n1. The van der Waals surface area contributed by atoms with Gasteiger partial charge in [-0.25, -0.2) is 9.67 Å². The van der Waals surface area contributed by atoms with Crippen LogP contribution in [0.1, 0.15) is 17.7 Å². The molecule has 4 aromatic heterocycles. The van der Waals surface area contributed by atoms with E-state index in [1.807, 2.05) is 12.1 Å². The molecule has 0 aromatic carbocycles. The van der Waals surface area contributed by atoms with Crippen molar-refractivity contribution in [1.82, 2.24) is 29.9 Å². The molecule has 1 aliphatic rings. The molecule has 1 unspecified atom stereocenters. The van der Waals surface area contributed by atoms with Gasteiger partial charge in [-0.2, -0.15) is 4.98 Å². The van der Waals surface area contributed by atoms with E-state index >= 15 is 0 Å². The first kappa shape index (κ1) is 19.0. The summed E-state index contributed by atoms with van der Waals surface area (Å²) in [6.07, 6.45) is 4.42. The fourth-order valence-corrected chi connectivity index (χ4v) is 3.42. The largest absolute Gasteiger partial charge is 0.461 e. The van der Waals surface area contributed by atoms with Crippen molar-refractivity contribution in [3.05, 3.63) is 41.9 Å². The summed E-state index contributed by atoms with van der Waals surface area (Å²) in [6.45, 7) is 2.32. The number of fused-ring (bicyclic) bond motifs is 1. The number of furan rings is 1. The summed E-state index contributed by atoms with van der Waals surface area (Å²) in [6, 6.07) is 5.66. The van der Waals surface area contributed by atoms with E-state index in [9.17, 15) is 0 Å². The number of hydrogen-bond acceptors (Lipinski definition) is 10. The molecule has 1 saturated heterocycles. The minimum atomic E-state index is 0.106. The molecule has 0 spiro atoms. The van der Waals surface area contributed by atoms with E-state index < -0.39 is 0 Å². The van der Waals surface area contributed by atoms with Gasteiger partial charge in [0.2, 0.25) is 5.95 Å². The Kier molecular flexibility index (Phi) is 5.07. The summed E-state index contributed by atoms with van der Waals surface area (Å²) in [5.41, 5.74) is 9.19. The lowest BCUT2D eigenvalue weighted by atomic mass is 10.2. The fraction of sp³-hybridized carbons (Fsp3) is 0.316. The molecule has 0 bridgehead atoms. The summed E-state index contributed by atoms with van der Waals surface area (Å²) in [5.74, 6) is 0.607. The monoisotopic (exact) mass is 425 g/mol. The van der Waals surface area contributed by atoms with Gasteiger partial charge in [-0.1, -0.05) is 11.3 Å². The van der Waals surface area contributed by atoms with Gasteiger partial charge >= 0.3 is 0 Å². The first-order chi connectivity index (χ1) is 14.7. The minimum absolute atomic E-state index is 0.106. The molecule has 1 atom stereocenters. The molecule has 0 saturated carbocycles. The number of nitrogen functional groups attached to an aromatic ring is 1. The Balaban J connectivity index is 1.36. The van der Waals surface area contributed by atoms with Crippen LogP contribution in [-0.4, -0.2) is 49.3 Å². The van der Waals surface area contributed by atoms with Crippen molar-refractivity contribution in [2.24, 2.45) is 0 Å². The molecule has 30 heavy (non-hydrogen) atoms. The van der Waals surface area contributed by atoms with E-state index in [1.54, 1.807) is 16.9 Å². The Bertz CT molecular complexity index is 1170. The maximum atomic E-state index is 5.90. The number of pyridine rings is 1. The van der Waals surface area contributed by atoms with Crippen LogP contribution in [0, 0.1) is 0 Å². The van der Waals surface area contributed by atoms with Crippen LogP contribution in [0.4, 0.5) is 5.95 Å². The molecule has 11 heteroatoms. The van der Waals surface area contributed by atoms with Crippen molar-refractivity contribution >= 4 is 29.7 Å². The van der Waals surface area contributed by atoms with E-state index in [4.69, 9.17) is 19.6 Å². The number of nitrogens with zero attached hydrogens (tertiary/aromatic N) is 6. The Morgan fingerprint density at radius 1 is 1.30 bits per heavy atom. The van der Waals surface area contributed by atoms with Crippen molar-refractivity contribution in [3.63, 3.8) is 0 Å². The molecule has 1 fully saturated rings. The van der Waals surface area contributed by atoms with Gasteiger partial charge < -0.3 is 19.6 Å². The van der Waals surface area contributed by atoms with Crippen LogP contribution >= 0.6 is 12.6 Å². The molecule has 1 aliphatic heterocycles. The molecular formula is C19H19N7O3S. The zero-order chi connectivity index (χ0) is 20.5. The molecule has 0 amide bonds. The Morgan fingerprint density at radius 2 is 2.23 bits per heavy atom. The Morgan fingerprint density at radius 3 is 2.97 bits per heavy atom. The van der Waals surface area contributed by atoms with Crippen LogP contribution in [0.15, 0.2) is 40.0 Å². The second-order valence-corrected chi connectivity index (χ2v) is 7.49. The second kappa shape index (κ2) is 8.01. The summed E-state index contributed by atoms with van der Waals surface area (Å²) >= 11 is 4.26. The third-order valence-corrected chi connectivity index (χ3v) is 5.00. The van der Waals surface area contributed by atoms with Crippen LogP contribution in [0.5, 0.6) is 0 Å². The fourth-order valence-electron chi connectivity index (χ4n) is 3.25. The molecule has 5 heterocycles. The number of ether oxygens (including phenoxy) is 2. The standard InChI is InChI=1S/C19H19N7O3S/c20-19-22-16(15-5-14(30)10-29-15)17-18(23-19)26(25-24-17)7-12-2-1-11(6-21-12)8-28-13-3-4-27-9-13/h1-2,5-6,10,13,30H,3-4,7-9H2,(H2,20,22,23). The first-order valence-electron chi connectivity index (χ1n) is 9.43. The number of rotatable bonds is 6. The average molecular weight is 425 g/mol. The number of anilines is 1. The van der Waals surface area contributed by atoms with Crippen LogP contribution in [0.3, 0.4) is 0 Å². The molecule has 4 aromatic rings. The van der Waals surface area contributed by atoms with Crippen molar-refractivity contribution in [3.8, 4) is 11.5 Å². The number of hydrogen-bond donors (Lipinski definition) is 2. The van der Waals surface area contributed by atoms with E-state index in [1.165, 1.54) is 6.26 Å². The highest BCUT2D eigenvalue weighted by Crippen LogP contribution is 2.28. The number of aromatic nitrogens is 6. The van der Waals surface area contributed by atoms with Crippen molar-refractivity contribution in [1.29, 1.82) is 0 Å².